The number of halogens is 1. The van der Waals surface area contributed by atoms with Crippen LogP contribution in [-0.2, 0) is 0 Å². The topological polar surface area (TPSA) is 24.8 Å². The van der Waals surface area contributed by atoms with Crippen LogP contribution in [0.3, 0.4) is 0 Å². The van der Waals surface area contributed by atoms with Gasteiger partial charge in [0.15, 0.2) is 0 Å². The predicted octanol–water partition coefficient (Wildman–Crippen LogP) is 4.24. The average Bonchev–Trinajstić information content (AvgIpc) is 2.46. The van der Waals surface area contributed by atoms with Crippen molar-refractivity contribution in [3.63, 3.8) is 0 Å². The molecule has 0 bridgehead atoms. The number of anilines is 1. The molecule has 3 nitrogen and oxygen atoms in total. The van der Waals surface area contributed by atoms with Crippen LogP contribution in [-0.4, -0.2) is 19.5 Å². The number of aliphatic imine (C=N–C) groups is 1. The van der Waals surface area contributed by atoms with E-state index in [1.807, 2.05) is 12.1 Å². The van der Waals surface area contributed by atoms with Gasteiger partial charge in [-0.2, -0.15) is 0 Å². The predicted molar refractivity (Wildman–Crippen MR) is 91.2 cm³/mol. The van der Waals surface area contributed by atoms with Crippen molar-refractivity contribution in [2.24, 2.45) is 4.99 Å². The SMILES string of the molecule is COc1ccc(N2CCC2=Nc2ccc(I)cc2)cc1. The van der Waals surface area contributed by atoms with Crippen molar-refractivity contribution >= 4 is 39.8 Å². The molecule has 0 aliphatic carbocycles. The quantitative estimate of drug-likeness (QED) is 0.747. The standard InChI is InChI=1S/C16H15IN2O/c1-20-15-8-6-14(7-9-15)19-11-10-16(19)18-13-4-2-12(17)3-5-13/h2-9H,10-11H2,1H3. The lowest BCUT2D eigenvalue weighted by molar-refractivity contribution is 0.415. The van der Waals surface area contributed by atoms with Gasteiger partial charge >= 0.3 is 0 Å². The van der Waals surface area contributed by atoms with Crippen LogP contribution in [0.1, 0.15) is 6.42 Å². The Morgan fingerprint density at radius 3 is 2.30 bits per heavy atom. The van der Waals surface area contributed by atoms with Gasteiger partial charge in [-0.25, -0.2) is 4.99 Å². The van der Waals surface area contributed by atoms with Crippen molar-refractivity contribution in [2.45, 2.75) is 6.42 Å². The molecule has 0 N–H and O–H groups in total. The largest absolute Gasteiger partial charge is 0.497 e. The Hall–Kier alpha value is -1.56. The van der Waals surface area contributed by atoms with Crippen LogP contribution >= 0.6 is 22.6 Å². The number of hydrogen-bond donors (Lipinski definition) is 0. The molecule has 3 rings (SSSR count). The molecular formula is C16H15IN2O. The van der Waals surface area contributed by atoms with Gasteiger partial charge in [-0.3, -0.25) is 0 Å². The summed E-state index contributed by atoms with van der Waals surface area (Å²) in [5, 5.41) is 0. The van der Waals surface area contributed by atoms with E-state index < -0.39 is 0 Å². The summed E-state index contributed by atoms with van der Waals surface area (Å²) in [6, 6.07) is 16.4. The first-order chi connectivity index (χ1) is 9.76. The van der Waals surface area contributed by atoms with Crippen molar-refractivity contribution in [2.75, 3.05) is 18.6 Å². The fraction of sp³-hybridized carbons (Fsp3) is 0.188. The Balaban J connectivity index is 1.79. The summed E-state index contributed by atoms with van der Waals surface area (Å²) < 4.78 is 6.41. The maximum Gasteiger partial charge on any atom is 0.119 e. The first kappa shape index (κ1) is 13.4. The summed E-state index contributed by atoms with van der Waals surface area (Å²) in [5.74, 6) is 2.00. The smallest absolute Gasteiger partial charge is 0.119 e. The number of ether oxygens (including phenoxy) is 1. The van der Waals surface area contributed by atoms with E-state index >= 15 is 0 Å². The van der Waals surface area contributed by atoms with E-state index in [1.165, 1.54) is 9.26 Å². The van der Waals surface area contributed by atoms with Crippen LogP contribution in [0.2, 0.25) is 0 Å². The number of benzene rings is 2. The Kier molecular flexibility index (Phi) is 3.91. The summed E-state index contributed by atoms with van der Waals surface area (Å²) in [5.41, 5.74) is 2.18. The molecule has 1 aliphatic rings. The van der Waals surface area contributed by atoms with Crippen LogP contribution in [0.15, 0.2) is 53.5 Å². The zero-order chi connectivity index (χ0) is 13.9. The molecule has 2 aromatic carbocycles. The highest BCUT2D eigenvalue weighted by molar-refractivity contribution is 14.1. The molecule has 0 radical (unpaired) electrons. The summed E-state index contributed by atoms with van der Waals surface area (Å²) >= 11 is 2.30. The number of rotatable bonds is 3. The minimum absolute atomic E-state index is 0.880. The minimum atomic E-state index is 0.880. The number of hydrogen-bond acceptors (Lipinski definition) is 2. The van der Waals surface area contributed by atoms with E-state index in [0.29, 0.717) is 0 Å². The van der Waals surface area contributed by atoms with E-state index in [4.69, 9.17) is 9.73 Å². The van der Waals surface area contributed by atoms with Gasteiger partial charge in [-0.15, -0.1) is 0 Å². The number of amidine groups is 1. The number of methoxy groups -OCH3 is 1. The van der Waals surface area contributed by atoms with Gasteiger partial charge in [0, 0.05) is 22.2 Å². The summed E-state index contributed by atoms with van der Waals surface area (Å²) in [4.78, 5) is 6.95. The Bertz CT molecular complexity index is 620. The van der Waals surface area contributed by atoms with E-state index in [9.17, 15) is 0 Å². The molecule has 1 fully saturated rings. The van der Waals surface area contributed by atoms with Gasteiger partial charge in [0.05, 0.1) is 12.8 Å². The summed E-state index contributed by atoms with van der Waals surface area (Å²) in [7, 11) is 1.68. The second-order valence-electron chi connectivity index (χ2n) is 4.60. The Morgan fingerprint density at radius 2 is 1.75 bits per heavy atom. The lowest BCUT2D eigenvalue weighted by Crippen LogP contribution is -2.43. The molecule has 0 saturated carbocycles. The van der Waals surface area contributed by atoms with E-state index in [0.717, 1.165) is 30.2 Å². The van der Waals surface area contributed by atoms with Crippen LogP contribution < -0.4 is 9.64 Å². The van der Waals surface area contributed by atoms with Crippen molar-refractivity contribution < 1.29 is 4.74 Å². The zero-order valence-electron chi connectivity index (χ0n) is 11.2. The van der Waals surface area contributed by atoms with Crippen molar-refractivity contribution in [1.82, 2.24) is 0 Å². The molecule has 0 atom stereocenters. The van der Waals surface area contributed by atoms with Gasteiger partial charge in [0.25, 0.3) is 0 Å². The normalized spacial score (nSPS) is 16.1. The molecule has 1 saturated heterocycles. The molecule has 0 amide bonds. The number of nitrogens with zero attached hydrogens (tertiary/aromatic N) is 2. The van der Waals surface area contributed by atoms with E-state index in [-0.39, 0.29) is 0 Å². The van der Waals surface area contributed by atoms with Gasteiger partial charge in [0.2, 0.25) is 0 Å². The van der Waals surface area contributed by atoms with Crippen LogP contribution in [0.4, 0.5) is 11.4 Å². The van der Waals surface area contributed by atoms with Crippen LogP contribution in [0.25, 0.3) is 0 Å². The molecule has 2 aromatic rings. The lowest BCUT2D eigenvalue weighted by atomic mass is 10.1. The highest BCUT2D eigenvalue weighted by Gasteiger charge is 2.23. The maximum atomic E-state index is 5.18. The molecule has 0 aromatic heterocycles. The van der Waals surface area contributed by atoms with E-state index in [2.05, 4.69) is 63.9 Å². The molecule has 20 heavy (non-hydrogen) atoms. The Labute approximate surface area is 132 Å². The minimum Gasteiger partial charge on any atom is -0.497 e. The first-order valence-corrected chi connectivity index (χ1v) is 7.59. The first-order valence-electron chi connectivity index (χ1n) is 6.51. The third-order valence-corrected chi connectivity index (χ3v) is 4.06. The third-order valence-electron chi connectivity index (χ3n) is 3.34. The lowest BCUT2D eigenvalue weighted by Gasteiger charge is -2.35. The fourth-order valence-electron chi connectivity index (χ4n) is 2.14. The highest BCUT2D eigenvalue weighted by Crippen LogP contribution is 2.27. The third kappa shape index (κ3) is 2.80. The average molecular weight is 378 g/mol. The second kappa shape index (κ2) is 5.83. The van der Waals surface area contributed by atoms with E-state index in [1.54, 1.807) is 7.11 Å². The van der Waals surface area contributed by atoms with Crippen molar-refractivity contribution in [1.29, 1.82) is 0 Å². The molecule has 4 heteroatoms. The zero-order valence-corrected chi connectivity index (χ0v) is 13.4. The molecular weight excluding hydrogens is 363 g/mol. The molecule has 0 unspecified atom stereocenters. The van der Waals surface area contributed by atoms with Gasteiger partial charge < -0.3 is 9.64 Å². The molecule has 1 aliphatic heterocycles. The fourth-order valence-corrected chi connectivity index (χ4v) is 2.50. The maximum absolute atomic E-state index is 5.18. The Morgan fingerprint density at radius 1 is 1.05 bits per heavy atom. The van der Waals surface area contributed by atoms with Crippen LogP contribution in [0, 0.1) is 3.57 Å². The van der Waals surface area contributed by atoms with Gasteiger partial charge in [0.1, 0.15) is 11.6 Å². The highest BCUT2D eigenvalue weighted by atomic mass is 127. The summed E-state index contributed by atoms with van der Waals surface area (Å²) in [6.07, 6.45) is 1.03. The van der Waals surface area contributed by atoms with Crippen molar-refractivity contribution in [3.05, 3.63) is 52.1 Å². The van der Waals surface area contributed by atoms with Crippen molar-refractivity contribution in [3.8, 4) is 5.75 Å². The summed E-state index contributed by atoms with van der Waals surface area (Å²) in [6.45, 7) is 1.02. The van der Waals surface area contributed by atoms with Gasteiger partial charge in [-0.05, 0) is 71.1 Å². The second-order valence-corrected chi connectivity index (χ2v) is 5.85. The monoisotopic (exact) mass is 378 g/mol. The van der Waals surface area contributed by atoms with Crippen LogP contribution in [0.5, 0.6) is 5.75 Å². The molecule has 1 heterocycles. The van der Waals surface area contributed by atoms with Gasteiger partial charge in [-0.1, -0.05) is 0 Å². The molecule has 102 valence electrons. The molecule has 0 spiro atoms.